The Kier molecular flexibility index (Phi) is 3.65. The van der Waals surface area contributed by atoms with Gasteiger partial charge in [0, 0.05) is 27.9 Å². The van der Waals surface area contributed by atoms with Gasteiger partial charge in [0.05, 0.1) is 10.4 Å². The number of aromatic nitrogens is 1. The number of halogens is 1. The van der Waals surface area contributed by atoms with Crippen LogP contribution in [0.25, 0.3) is 10.1 Å². The molecule has 0 fully saturated rings. The van der Waals surface area contributed by atoms with Crippen LogP contribution in [0.1, 0.15) is 15.2 Å². The number of nitrogens with two attached hydrogens (primary N) is 1. The third kappa shape index (κ3) is 2.52. The molecule has 0 unspecified atom stereocenters. The molecule has 3 N–H and O–H groups in total. The van der Waals surface area contributed by atoms with Gasteiger partial charge < -0.3 is 11.1 Å². The van der Waals surface area contributed by atoms with Gasteiger partial charge in [0.15, 0.2) is 0 Å². The Morgan fingerprint density at radius 1 is 1.38 bits per heavy atom. The minimum Gasteiger partial charge on any atom is -0.397 e. The van der Waals surface area contributed by atoms with Crippen LogP contribution in [0.15, 0.2) is 41.1 Å². The lowest BCUT2D eigenvalue weighted by atomic mass is 10.2. The summed E-state index contributed by atoms with van der Waals surface area (Å²) in [5, 5.41) is 3.78. The third-order valence-electron chi connectivity index (χ3n) is 3.25. The topological polar surface area (TPSA) is 68.0 Å². The number of nitrogens with zero attached hydrogens (tertiary/aromatic N) is 1. The molecule has 2 heterocycles. The van der Waals surface area contributed by atoms with Crippen LogP contribution >= 0.6 is 27.3 Å². The van der Waals surface area contributed by atoms with E-state index >= 15 is 0 Å². The van der Waals surface area contributed by atoms with Crippen LogP contribution in [0.4, 0.5) is 11.4 Å². The second-order valence-electron chi connectivity index (χ2n) is 4.58. The number of carbonyl (C=O) groups excluding carboxylic acids is 1. The van der Waals surface area contributed by atoms with Gasteiger partial charge in [-0.25, -0.2) is 0 Å². The summed E-state index contributed by atoms with van der Waals surface area (Å²) in [7, 11) is 0. The Bertz CT molecular complexity index is 844. The first-order valence-corrected chi connectivity index (χ1v) is 7.87. The zero-order chi connectivity index (χ0) is 15.0. The Labute approximate surface area is 134 Å². The predicted octanol–water partition coefficient (Wildman–Crippen LogP) is 4.20. The number of pyridine rings is 1. The molecule has 21 heavy (non-hydrogen) atoms. The van der Waals surface area contributed by atoms with Crippen molar-refractivity contribution in [3.05, 3.63) is 51.6 Å². The zero-order valence-electron chi connectivity index (χ0n) is 11.2. The van der Waals surface area contributed by atoms with Crippen molar-refractivity contribution in [1.82, 2.24) is 4.98 Å². The molecule has 1 amide bonds. The van der Waals surface area contributed by atoms with Crippen molar-refractivity contribution in [2.45, 2.75) is 6.92 Å². The normalized spacial score (nSPS) is 10.8. The van der Waals surface area contributed by atoms with E-state index in [9.17, 15) is 4.79 Å². The van der Waals surface area contributed by atoms with Gasteiger partial charge in [0.25, 0.3) is 5.91 Å². The largest absolute Gasteiger partial charge is 0.397 e. The molecule has 1 aromatic carbocycles. The number of thiophene rings is 1. The average Bonchev–Trinajstić information content (AvgIpc) is 2.82. The molecule has 3 rings (SSSR count). The van der Waals surface area contributed by atoms with Gasteiger partial charge in [0.1, 0.15) is 4.88 Å². The maximum Gasteiger partial charge on any atom is 0.267 e. The molecule has 106 valence electrons. The van der Waals surface area contributed by atoms with E-state index in [4.69, 9.17) is 5.73 Å². The zero-order valence-corrected chi connectivity index (χ0v) is 13.6. The first kappa shape index (κ1) is 14.0. The highest BCUT2D eigenvalue weighted by Crippen LogP contribution is 2.33. The lowest BCUT2D eigenvalue weighted by Gasteiger charge is -2.09. The molecule has 0 saturated carbocycles. The Balaban J connectivity index is 1.97. The standard InChI is InChI=1S/C15H12BrN3OS/c1-8-10(16)3-2-4-11(8)19-15(20)14-13(17)9-5-6-18-7-12(9)21-14/h2-7H,17H2,1H3,(H,19,20). The first-order chi connectivity index (χ1) is 10.1. The molecule has 0 spiro atoms. The summed E-state index contributed by atoms with van der Waals surface area (Å²) < 4.78 is 1.86. The molecule has 2 aromatic heterocycles. The molecule has 3 aromatic rings. The maximum atomic E-state index is 12.5. The molecule has 6 heteroatoms. The number of carbonyl (C=O) groups is 1. The van der Waals surface area contributed by atoms with E-state index in [-0.39, 0.29) is 5.91 Å². The van der Waals surface area contributed by atoms with Crippen LogP contribution in [0.3, 0.4) is 0 Å². The summed E-state index contributed by atoms with van der Waals surface area (Å²) >= 11 is 4.80. The SMILES string of the molecule is Cc1c(Br)cccc1NC(=O)c1sc2cnccc2c1N. The number of fused-ring (bicyclic) bond motifs is 1. The Hall–Kier alpha value is -1.92. The lowest BCUT2D eigenvalue weighted by Crippen LogP contribution is -2.12. The summed E-state index contributed by atoms with van der Waals surface area (Å²) in [5.74, 6) is -0.199. The van der Waals surface area contributed by atoms with Gasteiger partial charge in [-0.2, -0.15) is 0 Å². The number of benzene rings is 1. The minimum absolute atomic E-state index is 0.199. The highest BCUT2D eigenvalue weighted by molar-refractivity contribution is 9.10. The molecule has 0 bridgehead atoms. The number of amides is 1. The summed E-state index contributed by atoms with van der Waals surface area (Å²) in [6, 6.07) is 7.50. The molecular formula is C15H12BrN3OS. The average molecular weight is 362 g/mol. The van der Waals surface area contributed by atoms with E-state index in [2.05, 4.69) is 26.2 Å². The quantitative estimate of drug-likeness (QED) is 0.718. The minimum atomic E-state index is -0.199. The number of nitrogen functional groups attached to an aromatic ring is 1. The molecular weight excluding hydrogens is 350 g/mol. The highest BCUT2D eigenvalue weighted by atomic mass is 79.9. The lowest BCUT2D eigenvalue weighted by molar-refractivity contribution is 0.103. The second-order valence-corrected chi connectivity index (χ2v) is 6.49. The molecule has 0 saturated heterocycles. The maximum absolute atomic E-state index is 12.5. The number of anilines is 2. The second kappa shape index (κ2) is 5.46. The third-order valence-corrected chi connectivity index (χ3v) is 5.27. The van der Waals surface area contributed by atoms with E-state index in [0.717, 1.165) is 25.8 Å². The number of rotatable bonds is 2. The van der Waals surface area contributed by atoms with Crippen LogP contribution in [-0.2, 0) is 0 Å². The summed E-state index contributed by atoms with van der Waals surface area (Å²) in [5.41, 5.74) is 8.32. The molecule has 0 radical (unpaired) electrons. The van der Waals surface area contributed by atoms with E-state index < -0.39 is 0 Å². The smallest absolute Gasteiger partial charge is 0.267 e. The monoisotopic (exact) mass is 361 g/mol. The van der Waals surface area contributed by atoms with Crippen LogP contribution in [0.5, 0.6) is 0 Å². The van der Waals surface area contributed by atoms with E-state index in [1.165, 1.54) is 11.3 Å². The molecule has 4 nitrogen and oxygen atoms in total. The Morgan fingerprint density at radius 3 is 2.95 bits per heavy atom. The summed E-state index contributed by atoms with van der Waals surface area (Å²) in [6.45, 7) is 1.94. The highest BCUT2D eigenvalue weighted by Gasteiger charge is 2.17. The van der Waals surface area contributed by atoms with Crippen LogP contribution in [-0.4, -0.2) is 10.9 Å². The first-order valence-electron chi connectivity index (χ1n) is 6.26. The number of hydrogen-bond donors (Lipinski definition) is 2. The van der Waals surface area contributed by atoms with Crippen LogP contribution in [0, 0.1) is 6.92 Å². The van der Waals surface area contributed by atoms with Gasteiger partial charge in [0.2, 0.25) is 0 Å². The van der Waals surface area contributed by atoms with Crippen molar-refractivity contribution < 1.29 is 4.79 Å². The number of nitrogens with one attached hydrogen (secondary N) is 1. The molecule has 0 atom stereocenters. The van der Waals surface area contributed by atoms with Crippen molar-refractivity contribution in [2.24, 2.45) is 0 Å². The van der Waals surface area contributed by atoms with Gasteiger partial charge in [-0.05, 0) is 30.7 Å². The molecule has 0 aliphatic rings. The molecule has 0 aliphatic heterocycles. The van der Waals surface area contributed by atoms with Crippen molar-refractivity contribution >= 4 is 54.6 Å². The fourth-order valence-electron chi connectivity index (χ4n) is 2.06. The fourth-order valence-corrected chi connectivity index (χ4v) is 3.41. The van der Waals surface area contributed by atoms with Gasteiger partial charge in [-0.3, -0.25) is 9.78 Å². The van der Waals surface area contributed by atoms with E-state index in [1.54, 1.807) is 12.4 Å². The van der Waals surface area contributed by atoms with Gasteiger partial charge in [-0.15, -0.1) is 11.3 Å². The van der Waals surface area contributed by atoms with Crippen molar-refractivity contribution in [3.63, 3.8) is 0 Å². The fraction of sp³-hybridized carbons (Fsp3) is 0.0667. The van der Waals surface area contributed by atoms with Crippen LogP contribution < -0.4 is 11.1 Å². The summed E-state index contributed by atoms with van der Waals surface area (Å²) in [4.78, 5) is 17.0. The van der Waals surface area contributed by atoms with Gasteiger partial charge >= 0.3 is 0 Å². The van der Waals surface area contributed by atoms with Crippen molar-refractivity contribution in [1.29, 1.82) is 0 Å². The van der Waals surface area contributed by atoms with E-state index in [1.807, 2.05) is 31.2 Å². The summed E-state index contributed by atoms with van der Waals surface area (Å²) in [6.07, 6.45) is 3.39. The van der Waals surface area contributed by atoms with Crippen molar-refractivity contribution in [2.75, 3.05) is 11.1 Å². The number of hydrogen-bond acceptors (Lipinski definition) is 4. The Morgan fingerprint density at radius 2 is 2.19 bits per heavy atom. The van der Waals surface area contributed by atoms with E-state index in [0.29, 0.717) is 10.6 Å². The van der Waals surface area contributed by atoms with Crippen molar-refractivity contribution in [3.8, 4) is 0 Å². The van der Waals surface area contributed by atoms with Crippen LogP contribution in [0.2, 0.25) is 0 Å². The van der Waals surface area contributed by atoms with Gasteiger partial charge in [-0.1, -0.05) is 22.0 Å². The predicted molar refractivity (Wildman–Crippen MR) is 90.9 cm³/mol. The molecule has 0 aliphatic carbocycles.